The van der Waals surface area contributed by atoms with Crippen molar-refractivity contribution < 1.29 is 19.1 Å². The van der Waals surface area contributed by atoms with Crippen LogP contribution in [0.1, 0.15) is 33.1 Å². The van der Waals surface area contributed by atoms with E-state index in [0.717, 1.165) is 11.4 Å². The summed E-state index contributed by atoms with van der Waals surface area (Å²) in [6.45, 7) is 5.34. The van der Waals surface area contributed by atoms with Gasteiger partial charge in [0.15, 0.2) is 0 Å². The van der Waals surface area contributed by atoms with Gasteiger partial charge in [-0.2, -0.15) is 0 Å². The number of carbonyl (C=O) groups excluding carboxylic acids is 3. The first-order valence-corrected chi connectivity index (χ1v) is 9.11. The smallest absolute Gasteiger partial charge is 0.309 e. The lowest BCUT2D eigenvalue weighted by Crippen LogP contribution is -2.43. The first kappa shape index (κ1) is 19.8. The highest BCUT2D eigenvalue weighted by atomic mass is 16.5. The molecule has 1 aromatic rings. The van der Waals surface area contributed by atoms with Crippen LogP contribution in [0, 0.1) is 5.92 Å². The van der Waals surface area contributed by atoms with Crippen LogP contribution in [0.15, 0.2) is 24.3 Å². The zero-order valence-corrected chi connectivity index (χ0v) is 15.4. The molecule has 7 heteroatoms. The number of rotatable bonds is 7. The second-order valence-corrected chi connectivity index (χ2v) is 6.24. The number of amides is 2. The molecule has 2 amide bonds. The minimum atomic E-state index is -0.159. The monoisotopic (exact) mass is 361 g/mol. The summed E-state index contributed by atoms with van der Waals surface area (Å²) in [7, 11) is 0. The maximum atomic E-state index is 12.3. The number of hydrogen-bond acceptors (Lipinski definition) is 5. The van der Waals surface area contributed by atoms with E-state index in [1.54, 1.807) is 30.9 Å². The van der Waals surface area contributed by atoms with Crippen molar-refractivity contribution in [2.75, 3.05) is 36.9 Å². The van der Waals surface area contributed by atoms with Crippen LogP contribution in [0.2, 0.25) is 0 Å². The molecular formula is C19H27N3O4. The zero-order chi connectivity index (χ0) is 18.9. The molecule has 0 saturated carbocycles. The van der Waals surface area contributed by atoms with Gasteiger partial charge >= 0.3 is 5.97 Å². The van der Waals surface area contributed by atoms with Gasteiger partial charge in [0.1, 0.15) is 0 Å². The van der Waals surface area contributed by atoms with E-state index in [-0.39, 0.29) is 30.2 Å². The number of esters is 1. The van der Waals surface area contributed by atoms with Crippen LogP contribution >= 0.6 is 0 Å². The van der Waals surface area contributed by atoms with Crippen LogP contribution in [-0.4, -0.2) is 48.9 Å². The molecule has 0 atom stereocenters. The Bertz CT molecular complexity index is 622. The second-order valence-electron chi connectivity index (χ2n) is 6.24. The first-order chi connectivity index (χ1) is 12.5. The first-order valence-electron chi connectivity index (χ1n) is 9.11. The van der Waals surface area contributed by atoms with Gasteiger partial charge in [0, 0.05) is 30.9 Å². The maximum absolute atomic E-state index is 12.3. The summed E-state index contributed by atoms with van der Waals surface area (Å²) in [5, 5.41) is 5.87. The van der Waals surface area contributed by atoms with Crippen molar-refractivity contribution in [3.63, 3.8) is 0 Å². The van der Waals surface area contributed by atoms with Crippen LogP contribution in [0.5, 0.6) is 0 Å². The van der Waals surface area contributed by atoms with E-state index in [1.807, 2.05) is 12.1 Å². The Hall–Kier alpha value is -2.57. The second kappa shape index (κ2) is 9.79. The van der Waals surface area contributed by atoms with Gasteiger partial charge in [-0.05, 0) is 44.0 Å². The van der Waals surface area contributed by atoms with Crippen molar-refractivity contribution in [3.05, 3.63) is 24.3 Å². The van der Waals surface area contributed by atoms with Crippen molar-refractivity contribution in [1.29, 1.82) is 0 Å². The third-order valence-corrected chi connectivity index (χ3v) is 4.40. The largest absolute Gasteiger partial charge is 0.466 e. The number of carbonyl (C=O) groups is 3. The van der Waals surface area contributed by atoms with Crippen molar-refractivity contribution in [2.24, 2.45) is 5.92 Å². The minimum Gasteiger partial charge on any atom is -0.466 e. The fraction of sp³-hybridized carbons (Fsp3) is 0.526. The quantitative estimate of drug-likeness (QED) is 0.727. The number of hydrogen-bond donors (Lipinski definition) is 2. The molecule has 2 N–H and O–H groups in total. The van der Waals surface area contributed by atoms with Gasteiger partial charge in [0.2, 0.25) is 11.8 Å². The number of ether oxygens (including phenoxy) is 1. The highest BCUT2D eigenvalue weighted by Crippen LogP contribution is 2.19. The van der Waals surface area contributed by atoms with Gasteiger partial charge in [-0.1, -0.05) is 6.92 Å². The Labute approximate surface area is 154 Å². The van der Waals surface area contributed by atoms with E-state index in [1.165, 1.54) is 0 Å². The SMILES string of the molecule is CCOC(=O)C1CCN(C(=O)CNc2ccc(NC(=O)CC)cc2)CC1. The summed E-state index contributed by atoms with van der Waals surface area (Å²) in [5.74, 6) is -0.284. The van der Waals surface area contributed by atoms with E-state index in [0.29, 0.717) is 39.0 Å². The standard InChI is InChI=1S/C19H27N3O4/c1-3-17(23)21-16-7-5-15(6-8-16)20-13-18(24)22-11-9-14(10-12-22)19(25)26-4-2/h5-8,14,20H,3-4,9-13H2,1-2H3,(H,21,23). The Balaban J connectivity index is 1.75. The average molecular weight is 361 g/mol. The summed E-state index contributed by atoms with van der Waals surface area (Å²) < 4.78 is 5.04. The molecule has 0 spiro atoms. The van der Waals surface area contributed by atoms with Crippen molar-refractivity contribution in [2.45, 2.75) is 33.1 Å². The Kier molecular flexibility index (Phi) is 7.44. The Morgan fingerprint density at radius 2 is 1.69 bits per heavy atom. The summed E-state index contributed by atoms with van der Waals surface area (Å²) >= 11 is 0. The summed E-state index contributed by atoms with van der Waals surface area (Å²) in [6.07, 6.45) is 1.73. The minimum absolute atomic E-state index is 0.00988. The van der Waals surface area contributed by atoms with Crippen molar-refractivity contribution in [1.82, 2.24) is 4.90 Å². The summed E-state index contributed by atoms with van der Waals surface area (Å²) in [5.41, 5.74) is 1.55. The number of benzene rings is 1. The molecule has 1 aromatic carbocycles. The average Bonchev–Trinajstić information content (AvgIpc) is 2.67. The van der Waals surface area contributed by atoms with Crippen LogP contribution in [0.4, 0.5) is 11.4 Å². The summed E-state index contributed by atoms with van der Waals surface area (Å²) in [6, 6.07) is 7.24. The van der Waals surface area contributed by atoms with Crippen LogP contribution in [0.3, 0.4) is 0 Å². The van der Waals surface area contributed by atoms with Crippen molar-refractivity contribution >= 4 is 29.2 Å². The van der Waals surface area contributed by atoms with Crippen LogP contribution < -0.4 is 10.6 Å². The third kappa shape index (κ3) is 5.75. The molecule has 0 bridgehead atoms. The molecule has 26 heavy (non-hydrogen) atoms. The molecule has 0 radical (unpaired) electrons. The maximum Gasteiger partial charge on any atom is 0.309 e. The van der Waals surface area contributed by atoms with Crippen LogP contribution in [0.25, 0.3) is 0 Å². The predicted octanol–water partition coefficient (Wildman–Crippen LogP) is 2.25. The topological polar surface area (TPSA) is 87.7 Å². The highest BCUT2D eigenvalue weighted by Gasteiger charge is 2.27. The Morgan fingerprint density at radius 1 is 1.08 bits per heavy atom. The molecule has 142 valence electrons. The molecule has 1 fully saturated rings. The molecule has 2 rings (SSSR count). The lowest BCUT2D eigenvalue weighted by molar-refractivity contribution is -0.151. The lowest BCUT2D eigenvalue weighted by Gasteiger charge is -2.31. The molecule has 0 aromatic heterocycles. The molecule has 1 heterocycles. The predicted molar refractivity (Wildman–Crippen MR) is 99.8 cm³/mol. The van der Waals surface area contributed by atoms with Gasteiger partial charge in [-0.15, -0.1) is 0 Å². The fourth-order valence-electron chi connectivity index (χ4n) is 2.83. The van der Waals surface area contributed by atoms with Gasteiger partial charge in [-0.3, -0.25) is 14.4 Å². The number of nitrogens with one attached hydrogen (secondary N) is 2. The normalized spacial score (nSPS) is 14.6. The van der Waals surface area contributed by atoms with E-state index in [2.05, 4.69) is 10.6 Å². The van der Waals surface area contributed by atoms with Gasteiger partial charge in [0.05, 0.1) is 19.1 Å². The molecular weight excluding hydrogens is 334 g/mol. The van der Waals surface area contributed by atoms with E-state index >= 15 is 0 Å². The molecule has 1 saturated heterocycles. The lowest BCUT2D eigenvalue weighted by atomic mass is 9.97. The van der Waals surface area contributed by atoms with E-state index in [4.69, 9.17) is 4.74 Å². The highest BCUT2D eigenvalue weighted by molar-refractivity contribution is 5.90. The summed E-state index contributed by atoms with van der Waals surface area (Å²) in [4.78, 5) is 37.2. The molecule has 7 nitrogen and oxygen atoms in total. The van der Waals surface area contributed by atoms with Gasteiger partial charge in [0.25, 0.3) is 0 Å². The van der Waals surface area contributed by atoms with E-state index < -0.39 is 0 Å². The molecule has 1 aliphatic rings. The zero-order valence-electron chi connectivity index (χ0n) is 15.4. The van der Waals surface area contributed by atoms with E-state index in [9.17, 15) is 14.4 Å². The third-order valence-electron chi connectivity index (χ3n) is 4.40. The molecule has 0 aliphatic carbocycles. The Morgan fingerprint density at radius 3 is 2.27 bits per heavy atom. The van der Waals surface area contributed by atoms with Crippen LogP contribution in [-0.2, 0) is 19.1 Å². The number of piperidine rings is 1. The van der Waals surface area contributed by atoms with Gasteiger partial charge < -0.3 is 20.3 Å². The van der Waals surface area contributed by atoms with Crippen molar-refractivity contribution in [3.8, 4) is 0 Å². The fourth-order valence-corrected chi connectivity index (χ4v) is 2.83. The number of anilines is 2. The number of likely N-dealkylation sites (tertiary alicyclic amines) is 1. The number of nitrogens with zero attached hydrogens (tertiary/aromatic N) is 1. The van der Waals surface area contributed by atoms with Gasteiger partial charge in [-0.25, -0.2) is 0 Å². The molecule has 0 unspecified atom stereocenters. The molecule has 1 aliphatic heterocycles.